The minimum Gasteiger partial charge on any atom is -0.0843 e. The average molecular weight is 269 g/mol. The predicted octanol–water partition coefficient (Wildman–Crippen LogP) is 5.31. The number of rotatable bonds is 1. The van der Waals surface area contributed by atoms with E-state index >= 15 is 0 Å². The monoisotopic (exact) mass is 268 g/mol. The van der Waals surface area contributed by atoms with Gasteiger partial charge in [0.05, 0.1) is 0 Å². The van der Waals surface area contributed by atoms with Gasteiger partial charge in [-0.2, -0.15) is 0 Å². The lowest BCUT2D eigenvalue weighted by Crippen LogP contribution is -1.79. The topological polar surface area (TPSA) is 0 Å². The Hall–Kier alpha value is -0.690. The van der Waals surface area contributed by atoms with E-state index in [-0.39, 0.29) is 0 Å². The second kappa shape index (κ2) is 4.44. The molecular weight excluding hydrogens is 262 g/mol. The molecule has 0 saturated carbocycles. The normalized spacial score (nSPS) is 10.3. The Morgan fingerprint density at radius 3 is 1.87 bits per heavy atom. The summed E-state index contributed by atoms with van der Waals surface area (Å²) in [5, 5.41) is 1.99. The van der Waals surface area contributed by atoms with Crippen molar-refractivity contribution in [2.75, 3.05) is 0 Å². The second-order valence-corrected chi connectivity index (χ2v) is 4.41. The minimum atomic E-state index is 0.637. The van der Waals surface area contributed by atoms with Gasteiger partial charge in [0.25, 0.3) is 0 Å². The third kappa shape index (κ3) is 2.46. The van der Waals surface area contributed by atoms with Gasteiger partial charge in [-0.1, -0.05) is 53.0 Å². The van der Waals surface area contributed by atoms with Crippen molar-refractivity contribution in [1.29, 1.82) is 0 Å². The van der Waals surface area contributed by atoms with E-state index in [1.54, 1.807) is 6.07 Å². The van der Waals surface area contributed by atoms with Gasteiger partial charge >= 0.3 is 0 Å². The molecule has 0 unspecified atom stereocenters. The molecule has 2 aromatic carbocycles. The molecule has 3 heteroatoms. The van der Waals surface area contributed by atoms with Crippen molar-refractivity contribution in [2.24, 2.45) is 0 Å². The fourth-order valence-electron chi connectivity index (χ4n) is 1.35. The Morgan fingerprint density at radius 2 is 1.27 bits per heavy atom. The highest BCUT2D eigenvalue weighted by Gasteiger charge is 2.03. The first-order valence-electron chi connectivity index (χ1n) is 4.38. The van der Waals surface area contributed by atoms with Gasteiger partial charge < -0.3 is 0 Å². The molecule has 0 N–H and O–H groups in total. The van der Waals surface area contributed by atoms with Gasteiger partial charge in [0, 0.05) is 20.6 Å². The van der Waals surface area contributed by atoms with Gasteiger partial charge in [-0.15, -0.1) is 0 Å². The molecule has 0 saturated heterocycles. The van der Waals surface area contributed by atoms with Crippen LogP contribution in [0.25, 0.3) is 11.1 Å². The summed E-state index contributed by atoms with van der Waals surface area (Å²) < 4.78 is 0. The first kappa shape index (κ1) is 10.8. The smallest absolute Gasteiger partial charge is 0.0499 e. The van der Waals surface area contributed by atoms with Crippen molar-refractivity contribution in [1.82, 2.24) is 0 Å². The molecule has 0 aromatic heterocycles. The third-order valence-corrected chi connectivity index (χ3v) is 2.89. The van der Waals surface area contributed by atoms with Crippen LogP contribution in [-0.4, -0.2) is 0 Å². The van der Waals surface area contributed by atoms with Crippen LogP contribution in [0.1, 0.15) is 0 Å². The largest absolute Gasteiger partial charge is 0.0843 e. The number of hydrogen-bond acceptors (Lipinski definition) is 0. The highest BCUT2D eigenvalue weighted by Crippen LogP contribution is 2.30. The SMILES string of the molecule is Cl[13c]1[13cH][13cH][13c](-[13c]2[13cH][13cH][13c](Cl)[13cH][13c]2Cl)[13cH][13cH]1. The Kier molecular flexibility index (Phi) is 3.20. The molecule has 76 valence electrons. The number of benzene rings is 2. The van der Waals surface area contributed by atoms with Gasteiger partial charge in [-0.05, 0) is 29.8 Å². The van der Waals surface area contributed by atoms with Crippen LogP contribution < -0.4 is 0 Å². The summed E-state index contributed by atoms with van der Waals surface area (Å²) >= 11 is 17.7. The Labute approximate surface area is 103 Å². The number of hydrogen-bond donors (Lipinski definition) is 0. The minimum absolute atomic E-state index is 0.637. The van der Waals surface area contributed by atoms with Crippen LogP contribution in [0.4, 0.5) is 0 Å². The van der Waals surface area contributed by atoms with E-state index in [9.17, 15) is 0 Å². The van der Waals surface area contributed by atoms with Gasteiger partial charge in [-0.3, -0.25) is 0 Å². The second-order valence-electron chi connectivity index (χ2n) is 3.13. The molecule has 15 heavy (non-hydrogen) atoms. The molecular formula is C12H7Cl3. The summed E-state index contributed by atoms with van der Waals surface area (Å²) in [6, 6.07) is 13.0. The number of halogens is 3. The van der Waals surface area contributed by atoms with Crippen molar-refractivity contribution in [3.63, 3.8) is 0 Å². The van der Waals surface area contributed by atoms with E-state index in [1.807, 2.05) is 36.4 Å². The first-order valence-corrected chi connectivity index (χ1v) is 5.51. The molecule has 0 radical (unpaired) electrons. The van der Waals surface area contributed by atoms with Crippen molar-refractivity contribution in [3.05, 3.63) is 57.5 Å². The Balaban J connectivity index is 2.49. The molecule has 0 aliphatic heterocycles. The molecule has 0 bridgehead atoms. The standard InChI is InChI=1S/C12H7Cl3/c13-9-3-1-8(2-4-9)11-6-5-10(14)7-12(11)15/h1-7H/i1+1,2+1,3+1,4+1,5+1,6+1,7+1,8+1,9+1,10+1,11+1,12+1. The van der Waals surface area contributed by atoms with Gasteiger partial charge in [0.1, 0.15) is 0 Å². The molecule has 0 amide bonds. The summed E-state index contributed by atoms with van der Waals surface area (Å²) in [7, 11) is 0. The summed E-state index contributed by atoms with van der Waals surface area (Å²) in [4.78, 5) is 0. The molecule has 0 atom stereocenters. The van der Waals surface area contributed by atoms with Crippen molar-refractivity contribution in [3.8, 4) is 11.1 Å². The fraction of sp³-hybridized carbons (Fsp3) is 0. The maximum Gasteiger partial charge on any atom is 0.0499 e. The molecule has 0 spiro atoms. The zero-order valence-corrected chi connectivity index (χ0v) is 9.94. The van der Waals surface area contributed by atoms with Gasteiger partial charge in [0.15, 0.2) is 0 Å². The van der Waals surface area contributed by atoms with Crippen LogP contribution in [0.2, 0.25) is 15.1 Å². The third-order valence-electron chi connectivity index (χ3n) is 2.09. The van der Waals surface area contributed by atoms with Crippen LogP contribution in [-0.2, 0) is 0 Å². The maximum absolute atomic E-state index is 6.09. The summed E-state index contributed by atoms with van der Waals surface area (Å²) in [6.45, 7) is 0. The lowest BCUT2D eigenvalue weighted by molar-refractivity contribution is 1.62. The van der Waals surface area contributed by atoms with Gasteiger partial charge in [0.2, 0.25) is 0 Å². The molecule has 0 aliphatic carbocycles. The van der Waals surface area contributed by atoms with E-state index in [0.29, 0.717) is 15.1 Å². The maximum atomic E-state index is 6.09. The highest BCUT2D eigenvalue weighted by molar-refractivity contribution is 6.36. The van der Waals surface area contributed by atoms with Crippen molar-refractivity contribution in [2.45, 2.75) is 0 Å². The predicted molar refractivity (Wildman–Crippen MR) is 66.9 cm³/mol. The van der Waals surface area contributed by atoms with E-state index in [0.717, 1.165) is 11.1 Å². The van der Waals surface area contributed by atoms with Crippen LogP contribution in [0, 0.1) is 0 Å². The molecule has 0 nitrogen and oxygen atoms in total. The van der Waals surface area contributed by atoms with E-state index in [1.165, 1.54) is 0 Å². The Bertz CT molecular complexity index is 475. The molecule has 2 aromatic rings. The summed E-state index contributed by atoms with van der Waals surface area (Å²) in [5.41, 5.74) is 1.99. The van der Waals surface area contributed by atoms with Crippen LogP contribution in [0.5, 0.6) is 0 Å². The average Bonchev–Trinajstić information content (AvgIpc) is 2.20. The summed E-state index contributed by atoms with van der Waals surface area (Å²) in [5.74, 6) is 0. The lowest BCUT2D eigenvalue weighted by atomic mass is 11.1. The Morgan fingerprint density at radius 1 is 0.667 bits per heavy atom. The molecule has 0 fully saturated rings. The van der Waals surface area contributed by atoms with Crippen LogP contribution in [0.3, 0.4) is 0 Å². The van der Waals surface area contributed by atoms with Crippen molar-refractivity contribution >= 4 is 34.8 Å². The first-order chi connectivity index (χ1) is 7.16. The quantitative estimate of drug-likeness (QED) is 0.658. The molecule has 2 rings (SSSR count). The van der Waals surface area contributed by atoms with Crippen LogP contribution in [0.15, 0.2) is 42.5 Å². The van der Waals surface area contributed by atoms with Crippen LogP contribution >= 0.6 is 34.8 Å². The molecule has 0 aliphatic rings. The molecule has 0 heterocycles. The van der Waals surface area contributed by atoms with E-state index in [4.69, 9.17) is 34.8 Å². The zero-order valence-electron chi connectivity index (χ0n) is 7.68. The highest BCUT2D eigenvalue weighted by atomic mass is 35.5. The summed E-state index contributed by atoms with van der Waals surface area (Å²) in [6.07, 6.45) is 0. The van der Waals surface area contributed by atoms with E-state index in [2.05, 4.69) is 0 Å². The van der Waals surface area contributed by atoms with Gasteiger partial charge in [-0.25, -0.2) is 0 Å². The zero-order chi connectivity index (χ0) is 10.8. The fourth-order valence-corrected chi connectivity index (χ4v) is 2.00. The van der Waals surface area contributed by atoms with Crippen molar-refractivity contribution < 1.29 is 0 Å². The lowest BCUT2D eigenvalue weighted by Gasteiger charge is -2.04. The van der Waals surface area contributed by atoms with E-state index < -0.39 is 0 Å².